The molecule has 0 saturated carbocycles. The van der Waals surface area contributed by atoms with Crippen LogP contribution in [0.5, 0.6) is 0 Å². The summed E-state index contributed by atoms with van der Waals surface area (Å²) in [5, 5.41) is 0.842. The lowest BCUT2D eigenvalue weighted by Gasteiger charge is -2.31. The molecule has 5 heteroatoms. The first-order chi connectivity index (χ1) is 9.14. The lowest BCUT2D eigenvalue weighted by Crippen LogP contribution is -2.39. The van der Waals surface area contributed by atoms with Crippen molar-refractivity contribution in [1.82, 2.24) is 4.98 Å². The third-order valence-corrected chi connectivity index (χ3v) is 4.42. The quantitative estimate of drug-likeness (QED) is 0.825. The minimum Gasteiger partial charge on any atom is -0.348 e. The summed E-state index contributed by atoms with van der Waals surface area (Å²) in [5.41, 5.74) is 1.12. The van der Waals surface area contributed by atoms with Crippen molar-refractivity contribution in [3.63, 3.8) is 0 Å². The molecule has 0 aliphatic carbocycles. The highest BCUT2D eigenvalue weighted by molar-refractivity contribution is 7.18. The number of anilines is 1. The van der Waals surface area contributed by atoms with Gasteiger partial charge in [0.2, 0.25) is 0 Å². The second kappa shape index (κ2) is 4.89. The molecule has 0 atom stereocenters. The van der Waals surface area contributed by atoms with Crippen molar-refractivity contribution < 1.29 is 8.78 Å². The standard InChI is InChI=1S/C14H14F2N2S/c15-14(16)6-8-18(9-7-14)13-17-10-12(19-13)11-4-2-1-3-5-11/h1-5,10H,6-9H2. The number of halogens is 2. The zero-order chi connectivity index (χ0) is 13.3. The van der Waals surface area contributed by atoms with E-state index in [1.54, 1.807) is 11.3 Å². The highest BCUT2D eigenvalue weighted by Crippen LogP contribution is 2.35. The van der Waals surface area contributed by atoms with Gasteiger partial charge in [0, 0.05) is 32.1 Å². The van der Waals surface area contributed by atoms with Crippen molar-refractivity contribution in [3.05, 3.63) is 36.5 Å². The molecule has 0 amide bonds. The summed E-state index contributed by atoms with van der Waals surface area (Å²) in [6.07, 6.45) is 1.67. The fourth-order valence-corrected chi connectivity index (χ4v) is 3.15. The lowest BCUT2D eigenvalue weighted by molar-refractivity contribution is -0.0220. The summed E-state index contributed by atoms with van der Waals surface area (Å²) >= 11 is 1.56. The normalized spacial score (nSPS) is 18.5. The van der Waals surface area contributed by atoms with E-state index >= 15 is 0 Å². The molecule has 100 valence electrons. The Morgan fingerprint density at radius 3 is 2.47 bits per heavy atom. The smallest absolute Gasteiger partial charge is 0.251 e. The van der Waals surface area contributed by atoms with Crippen LogP contribution in [0, 0.1) is 0 Å². The molecule has 0 N–H and O–H groups in total. The number of alkyl halides is 2. The van der Waals surface area contributed by atoms with Gasteiger partial charge in [-0.25, -0.2) is 13.8 Å². The molecule has 1 aromatic heterocycles. The highest BCUT2D eigenvalue weighted by atomic mass is 32.1. The monoisotopic (exact) mass is 280 g/mol. The maximum absolute atomic E-state index is 13.1. The van der Waals surface area contributed by atoms with E-state index in [0.29, 0.717) is 13.1 Å². The number of hydrogen-bond donors (Lipinski definition) is 0. The van der Waals surface area contributed by atoms with Crippen LogP contribution in [0.3, 0.4) is 0 Å². The predicted octanol–water partition coefficient (Wildman–Crippen LogP) is 4.05. The fraction of sp³-hybridized carbons (Fsp3) is 0.357. The largest absolute Gasteiger partial charge is 0.348 e. The van der Waals surface area contributed by atoms with E-state index in [-0.39, 0.29) is 12.8 Å². The Hall–Kier alpha value is -1.49. The summed E-state index contributed by atoms with van der Waals surface area (Å²) in [7, 11) is 0. The second-order valence-electron chi connectivity index (χ2n) is 4.72. The Morgan fingerprint density at radius 1 is 1.11 bits per heavy atom. The molecule has 19 heavy (non-hydrogen) atoms. The van der Waals surface area contributed by atoms with Gasteiger partial charge in [-0.15, -0.1) is 0 Å². The van der Waals surface area contributed by atoms with Crippen LogP contribution in [0.4, 0.5) is 13.9 Å². The zero-order valence-electron chi connectivity index (χ0n) is 10.4. The molecule has 0 bridgehead atoms. The summed E-state index contributed by atoms with van der Waals surface area (Å²) in [6.45, 7) is 0.767. The maximum atomic E-state index is 13.1. The predicted molar refractivity (Wildman–Crippen MR) is 73.9 cm³/mol. The van der Waals surface area contributed by atoms with Gasteiger partial charge >= 0.3 is 0 Å². The Bertz CT molecular complexity index is 544. The van der Waals surface area contributed by atoms with E-state index in [2.05, 4.69) is 4.98 Å². The lowest BCUT2D eigenvalue weighted by atomic mass is 10.1. The van der Waals surface area contributed by atoms with Gasteiger partial charge in [0.15, 0.2) is 5.13 Å². The number of nitrogens with zero attached hydrogens (tertiary/aromatic N) is 2. The van der Waals surface area contributed by atoms with Gasteiger partial charge in [-0.05, 0) is 5.56 Å². The molecule has 1 aliphatic heterocycles. The molecular formula is C14H14F2N2S. The SMILES string of the molecule is FC1(F)CCN(c2ncc(-c3ccccc3)s2)CC1. The summed E-state index contributed by atoms with van der Waals surface area (Å²) in [6, 6.07) is 9.99. The molecule has 1 fully saturated rings. The van der Waals surface area contributed by atoms with Crippen LogP contribution < -0.4 is 4.90 Å². The van der Waals surface area contributed by atoms with Crippen LogP contribution in [0.1, 0.15) is 12.8 Å². The van der Waals surface area contributed by atoms with Gasteiger partial charge in [-0.2, -0.15) is 0 Å². The van der Waals surface area contributed by atoms with Crippen molar-refractivity contribution in [3.8, 4) is 10.4 Å². The number of thiazole rings is 1. The average Bonchev–Trinajstić information content (AvgIpc) is 2.89. The number of aromatic nitrogens is 1. The number of piperidine rings is 1. The first kappa shape index (κ1) is 12.5. The molecule has 1 aromatic carbocycles. The van der Waals surface area contributed by atoms with E-state index in [4.69, 9.17) is 0 Å². The molecule has 0 radical (unpaired) electrons. The molecular weight excluding hydrogens is 266 g/mol. The van der Waals surface area contributed by atoms with E-state index in [0.717, 1.165) is 15.6 Å². The van der Waals surface area contributed by atoms with Gasteiger partial charge in [-0.1, -0.05) is 41.7 Å². The van der Waals surface area contributed by atoms with Gasteiger partial charge in [0.05, 0.1) is 4.88 Å². The van der Waals surface area contributed by atoms with Crippen LogP contribution in [-0.2, 0) is 0 Å². The van der Waals surface area contributed by atoms with Gasteiger partial charge in [0.1, 0.15) is 0 Å². The molecule has 0 spiro atoms. The molecule has 2 heterocycles. The van der Waals surface area contributed by atoms with Crippen LogP contribution in [0.2, 0.25) is 0 Å². The van der Waals surface area contributed by atoms with E-state index in [1.165, 1.54) is 0 Å². The zero-order valence-corrected chi connectivity index (χ0v) is 11.2. The second-order valence-corrected chi connectivity index (χ2v) is 5.73. The van der Waals surface area contributed by atoms with Crippen LogP contribution in [0.15, 0.2) is 36.5 Å². The topological polar surface area (TPSA) is 16.1 Å². The van der Waals surface area contributed by atoms with Crippen LogP contribution in [-0.4, -0.2) is 24.0 Å². The third kappa shape index (κ3) is 2.76. The van der Waals surface area contributed by atoms with Crippen LogP contribution in [0.25, 0.3) is 10.4 Å². The van der Waals surface area contributed by atoms with Crippen molar-refractivity contribution in [2.75, 3.05) is 18.0 Å². The van der Waals surface area contributed by atoms with Crippen LogP contribution >= 0.6 is 11.3 Å². The Balaban J connectivity index is 1.76. The minimum absolute atomic E-state index is 0.0761. The number of rotatable bonds is 2. The maximum Gasteiger partial charge on any atom is 0.251 e. The van der Waals surface area contributed by atoms with Crippen molar-refractivity contribution in [2.24, 2.45) is 0 Å². The Kier molecular flexibility index (Phi) is 3.22. The molecule has 1 aliphatic rings. The first-order valence-electron chi connectivity index (χ1n) is 6.28. The minimum atomic E-state index is -2.50. The molecule has 3 rings (SSSR count). The van der Waals surface area contributed by atoms with E-state index in [9.17, 15) is 8.78 Å². The first-order valence-corrected chi connectivity index (χ1v) is 7.10. The summed E-state index contributed by atoms with van der Waals surface area (Å²) in [4.78, 5) is 7.39. The molecule has 2 nitrogen and oxygen atoms in total. The summed E-state index contributed by atoms with van der Waals surface area (Å²) in [5.74, 6) is -2.50. The molecule has 1 saturated heterocycles. The van der Waals surface area contributed by atoms with Gasteiger partial charge in [-0.3, -0.25) is 0 Å². The summed E-state index contributed by atoms with van der Waals surface area (Å²) < 4.78 is 26.2. The average molecular weight is 280 g/mol. The van der Waals surface area contributed by atoms with Crippen molar-refractivity contribution >= 4 is 16.5 Å². The van der Waals surface area contributed by atoms with Gasteiger partial charge in [0.25, 0.3) is 5.92 Å². The number of hydrogen-bond acceptors (Lipinski definition) is 3. The molecule has 0 unspecified atom stereocenters. The van der Waals surface area contributed by atoms with Gasteiger partial charge < -0.3 is 4.90 Å². The van der Waals surface area contributed by atoms with E-state index < -0.39 is 5.92 Å². The van der Waals surface area contributed by atoms with E-state index in [1.807, 2.05) is 41.4 Å². The van der Waals surface area contributed by atoms with Crippen molar-refractivity contribution in [2.45, 2.75) is 18.8 Å². The Labute approximate surface area is 114 Å². The molecule has 2 aromatic rings. The fourth-order valence-electron chi connectivity index (χ4n) is 2.17. The Morgan fingerprint density at radius 2 is 1.79 bits per heavy atom. The highest BCUT2D eigenvalue weighted by Gasteiger charge is 2.34. The number of benzene rings is 1. The third-order valence-electron chi connectivity index (χ3n) is 3.32. The van der Waals surface area contributed by atoms with Crippen molar-refractivity contribution in [1.29, 1.82) is 0 Å².